The molecule has 0 saturated carbocycles. The quantitative estimate of drug-likeness (QED) is 0.526. The molecule has 27 heavy (non-hydrogen) atoms. The minimum absolute atomic E-state index is 0.123. The molecule has 0 aliphatic rings. The number of hydrogen-bond donors (Lipinski definition) is 2. The number of hydrogen-bond acceptors (Lipinski definition) is 5. The second-order valence-corrected chi connectivity index (χ2v) is 5.73. The highest BCUT2D eigenvalue weighted by Crippen LogP contribution is 2.30. The smallest absolute Gasteiger partial charge is 0.305 e. The summed E-state index contributed by atoms with van der Waals surface area (Å²) in [5.41, 5.74) is 4.71. The van der Waals surface area contributed by atoms with E-state index in [0.29, 0.717) is 0 Å². The number of benzene rings is 2. The predicted octanol–water partition coefficient (Wildman–Crippen LogP) is 3.58. The van der Waals surface area contributed by atoms with Crippen molar-refractivity contribution in [1.29, 1.82) is 0 Å². The van der Waals surface area contributed by atoms with Crippen LogP contribution in [0.15, 0.2) is 65.1 Å². The zero-order valence-electron chi connectivity index (χ0n) is 13.6. The fraction of sp³-hybridized carbons (Fsp3) is 0. The molecule has 2 aromatic carbocycles. The van der Waals surface area contributed by atoms with Crippen molar-refractivity contribution in [1.82, 2.24) is 10.9 Å². The Labute approximate surface area is 157 Å². The van der Waals surface area contributed by atoms with Crippen molar-refractivity contribution in [3.05, 3.63) is 87.1 Å². The number of rotatable bonds is 4. The first kappa shape index (κ1) is 18.2. The largest absolute Gasteiger partial charge is 0.451 e. The first-order valence-corrected chi connectivity index (χ1v) is 8.04. The number of amides is 2. The van der Waals surface area contributed by atoms with E-state index >= 15 is 0 Å². The fourth-order valence-electron chi connectivity index (χ4n) is 2.33. The molecule has 0 aliphatic carbocycles. The van der Waals surface area contributed by atoms with Crippen LogP contribution in [0.4, 0.5) is 5.69 Å². The van der Waals surface area contributed by atoms with E-state index in [-0.39, 0.29) is 33.4 Å². The van der Waals surface area contributed by atoms with E-state index in [4.69, 9.17) is 16.0 Å². The molecule has 0 atom stereocenters. The first-order chi connectivity index (χ1) is 13.0. The molecule has 0 aliphatic heterocycles. The van der Waals surface area contributed by atoms with Crippen LogP contribution in [0.2, 0.25) is 5.02 Å². The molecule has 0 unspecified atom stereocenters. The lowest BCUT2D eigenvalue weighted by Crippen LogP contribution is -2.41. The molecule has 0 fully saturated rings. The summed E-state index contributed by atoms with van der Waals surface area (Å²) in [5.74, 6) is -1.29. The van der Waals surface area contributed by atoms with Gasteiger partial charge in [-0.3, -0.25) is 30.6 Å². The Morgan fingerprint density at radius 3 is 2.33 bits per heavy atom. The highest BCUT2D eigenvalue weighted by atomic mass is 35.5. The predicted molar refractivity (Wildman–Crippen MR) is 97.2 cm³/mol. The van der Waals surface area contributed by atoms with Crippen LogP contribution in [0.3, 0.4) is 0 Å². The van der Waals surface area contributed by atoms with Gasteiger partial charge in [0.25, 0.3) is 11.6 Å². The summed E-state index contributed by atoms with van der Waals surface area (Å²) in [4.78, 5) is 34.7. The Morgan fingerprint density at radius 1 is 0.926 bits per heavy atom. The van der Waals surface area contributed by atoms with Gasteiger partial charge in [0, 0.05) is 6.07 Å². The zero-order chi connectivity index (χ0) is 19.4. The van der Waals surface area contributed by atoms with E-state index in [1.807, 2.05) is 0 Å². The Kier molecular flexibility index (Phi) is 5.18. The molecule has 2 amide bonds. The lowest BCUT2D eigenvalue weighted by molar-refractivity contribution is -0.384. The number of halogens is 1. The van der Waals surface area contributed by atoms with E-state index in [9.17, 15) is 19.7 Å². The van der Waals surface area contributed by atoms with Gasteiger partial charge >= 0.3 is 5.91 Å². The average molecular weight is 386 g/mol. The molecular weight excluding hydrogens is 374 g/mol. The zero-order valence-corrected chi connectivity index (χ0v) is 14.4. The third-order valence-electron chi connectivity index (χ3n) is 3.60. The number of nitrogens with one attached hydrogen (secondary N) is 2. The van der Waals surface area contributed by atoms with Gasteiger partial charge in [0.15, 0.2) is 5.76 Å². The molecular formula is C18H12ClN3O5. The van der Waals surface area contributed by atoms with Crippen LogP contribution in [0.25, 0.3) is 11.3 Å². The van der Waals surface area contributed by atoms with Crippen molar-refractivity contribution in [3.8, 4) is 11.3 Å². The maximum atomic E-state index is 12.1. The molecule has 1 heterocycles. The van der Waals surface area contributed by atoms with Crippen LogP contribution in [-0.2, 0) is 0 Å². The molecule has 9 heteroatoms. The normalized spacial score (nSPS) is 10.3. The number of nitrogens with zero attached hydrogens (tertiary/aromatic N) is 1. The molecule has 0 saturated heterocycles. The van der Waals surface area contributed by atoms with Crippen molar-refractivity contribution < 1.29 is 18.9 Å². The number of para-hydroxylation sites is 1. The molecule has 8 nitrogen and oxygen atoms in total. The van der Waals surface area contributed by atoms with Gasteiger partial charge in [-0.25, -0.2) is 0 Å². The first-order valence-electron chi connectivity index (χ1n) is 7.66. The van der Waals surface area contributed by atoms with E-state index in [1.165, 1.54) is 36.4 Å². The number of furan rings is 1. The van der Waals surface area contributed by atoms with Gasteiger partial charge < -0.3 is 4.42 Å². The Bertz CT molecular complexity index is 1030. The second-order valence-electron chi connectivity index (χ2n) is 5.33. The number of nitro groups is 1. The third-order valence-corrected chi connectivity index (χ3v) is 3.93. The van der Waals surface area contributed by atoms with Gasteiger partial charge in [-0.05, 0) is 30.3 Å². The Hall–Kier alpha value is -3.65. The van der Waals surface area contributed by atoms with Gasteiger partial charge in [-0.2, -0.15) is 0 Å². The van der Waals surface area contributed by atoms with Gasteiger partial charge in [0.2, 0.25) is 0 Å². The van der Waals surface area contributed by atoms with Crippen LogP contribution < -0.4 is 10.9 Å². The van der Waals surface area contributed by atoms with Crippen molar-refractivity contribution in [2.45, 2.75) is 0 Å². The summed E-state index contributed by atoms with van der Waals surface area (Å²) in [6.45, 7) is 0. The highest BCUT2D eigenvalue weighted by molar-refractivity contribution is 6.33. The average Bonchev–Trinajstić information content (AvgIpc) is 3.16. The summed E-state index contributed by atoms with van der Waals surface area (Å²) in [6, 6.07) is 15.1. The standard InChI is InChI=1S/C18H12ClN3O5/c19-13-7-3-1-5-11(13)17(23)20-21-18(24)16-10-9-15(27-16)12-6-2-4-8-14(12)22(25)26/h1-10H,(H,20,23)(H,21,24). The SMILES string of the molecule is O=C(NNC(=O)c1ccccc1Cl)c1ccc(-c2ccccc2[N+](=O)[O-])o1. The molecule has 0 spiro atoms. The summed E-state index contributed by atoms with van der Waals surface area (Å²) in [6.07, 6.45) is 0. The van der Waals surface area contributed by atoms with Gasteiger partial charge in [-0.1, -0.05) is 35.9 Å². The number of hydrazine groups is 1. The number of nitro benzene ring substituents is 1. The highest BCUT2D eigenvalue weighted by Gasteiger charge is 2.19. The third kappa shape index (κ3) is 3.96. The summed E-state index contributed by atoms with van der Waals surface area (Å²) >= 11 is 5.92. The molecule has 136 valence electrons. The molecule has 0 radical (unpaired) electrons. The second kappa shape index (κ2) is 7.71. The Morgan fingerprint density at radius 2 is 1.59 bits per heavy atom. The molecule has 1 aromatic heterocycles. The van der Waals surface area contributed by atoms with Gasteiger partial charge in [-0.15, -0.1) is 0 Å². The van der Waals surface area contributed by atoms with Crippen LogP contribution in [0.5, 0.6) is 0 Å². The van der Waals surface area contributed by atoms with Crippen LogP contribution >= 0.6 is 11.6 Å². The van der Waals surface area contributed by atoms with E-state index in [2.05, 4.69) is 10.9 Å². The van der Waals surface area contributed by atoms with Crippen LogP contribution in [0.1, 0.15) is 20.9 Å². The van der Waals surface area contributed by atoms with Crippen LogP contribution in [-0.4, -0.2) is 16.7 Å². The van der Waals surface area contributed by atoms with Crippen molar-refractivity contribution in [3.63, 3.8) is 0 Å². The minimum atomic E-state index is -0.722. The minimum Gasteiger partial charge on any atom is -0.451 e. The number of carbonyl (C=O) groups is 2. The van der Waals surface area contributed by atoms with Gasteiger partial charge in [0.05, 0.1) is 21.1 Å². The van der Waals surface area contributed by atoms with Gasteiger partial charge in [0.1, 0.15) is 5.76 Å². The molecule has 0 bridgehead atoms. The van der Waals surface area contributed by atoms with Crippen LogP contribution in [0, 0.1) is 10.1 Å². The maximum Gasteiger partial charge on any atom is 0.305 e. The lowest BCUT2D eigenvalue weighted by Gasteiger charge is -2.07. The van der Waals surface area contributed by atoms with E-state index in [0.717, 1.165) is 0 Å². The molecule has 3 rings (SSSR count). The summed E-state index contributed by atoms with van der Waals surface area (Å²) < 4.78 is 5.39. The van der Waals surface area contributed by atoms with Crippen molar-refractivity contribution in [2.24, 2.45) is 0 Å². The fourth-order valence-corrected chi connectivity index (χ4v) is 2.56. The van der Waals surface area contributed by atoms with E-state index in [1.54, 1.807) is 24.3 Å². The van der Waals surface area contributed by atoms with E-state index < -0.39 is 16.7 Å². The van der Waals surface area contributed by atoms with Crippen molar-refractivity contribution >= 4 is 29.1 Å². The maximum absolute atomic E-state index is 12.1. The monoisotopic (exact) mass is 385 g/mol. The summed E-state index contributed by atoms with van der Waals surface area (Å²) in [5, 5.41) is 11.3. The number of carbonyl (C=O) groups excluding carboxylic acids is 2. The molecule has 2 N–H and O–H groups in total. The Balaban J connectivity index is 1.72. The topological polar surface area (TPSA) is 114 Å². The summed E-state index contributed by atoms with van der Waals surface area (Å²) in [7, 11) is 0. The van der Waals surface area contributed by atoms with Crippen molar-refractivity contribution in [2.75, 3.05) is 0 Å². The molecule has 3 aromatic rings. The lowest BCUT2D eigenvalue weighted by atomic mass is 10.1.